The third-order valence-electron chi connectivity index (χ3n) is 5.23. The second-order valence-corrected chi connectivity index (χ2v) is 8.90. The van der Waals surface area contributed by atoms with Gasteiger partial charge in [-0.3, -0.25) is 14.2 Å². The summed E-state index contributed by atoms with van der Waals surface area (Å²) in [6, 6.07) is 14.3. The Morgan fingerprint density at radius 1 is 1.15 bits per heavy atom. The highest BCUT2D eigenvalue weighted by molar-refractivity contribution is 7.22. The van der Waals surface area contributed by atoms with E-state index in [1.807, 2.05) is 31.2 Å². The highest BCUT2D eigenvalue weighted by Gasteiger charge is 2.17. The first-order valence-electron chi connectivity index (χ1n) is 10.2. The Bertz CT molecular complexity index is 1360. The molecule has 2 aromatic heterocycles. The van der Waals surface area contributed by atoms with Gasteiger partial charge in [0.2, 0.25) is 5.91 Å². The first kappa shape index (κ1) is 22.8. The summed E-state index contributed by atoms with van der Waals surface area (Å²) in [6.45, 7) is 1.70. The maximum atomic E-state index is 13.0. The number of carbonyl (C=O) groups is 1. The molecule has 0 aliphatic carbocycles. The number of benzene rings is 2. The van der Waals surface area contributed by atoms with Crippen molar-refractivity contribution in [2.24, 2.45) is 0 Å². The van der Waals surface area contributed by atoms with Gasteiger partial charge >= 0.3 is 0 Å². The average Bonchev–Trinajstić information content (AvgIpc) is 3.26. The van der Waals surface area contributed by atoms with E-state index in [2.05, 4.69) is 10.3 Å². The SMILES string of the molecule is COc1ccc(OC)c([C@@H](C)NC(=O)Cn2cnc3cc(-c4ccc(Cl)cc4)sc3c2=O)c1. The first-order valence-corrected chi connectivity index (χ1v) is 11.3. The van der Waals surface area contributed by atoms with E-state index in [9.17, 15) is 9.59 Å². The monoisotopic (exact) mass is 483 g/mol. The number of nitrogens with one attached hydrogen (secondary N) is 1. The van der Waals surface area contributed by atoms with Crippen molar-refractivity contribution in [2.45, 2.75) is 19.5 Å². The lowest BCUT2D eigenvalue weighted by Gasteiger charge is -2.18. The van der Waals surface area contributed by atoms with Gasteiger partial charge in [0.15, 0.2) is 0 Å². The molecule has 0 saturated carbocycles. The standard InChI is InChI=1S/C24H22ClN3O4S/c1-14(18-10-17(31-2)8-9-20(18)32-3)27-22(29)12-28-13-26-19-11-21(33-23(19)24(28)30)15-4-6-16(25)7-5-15/h4-11,13-14H,12H2,1-3H3,(H,27,29)/t14-/m1/s1. The molecule has 0 radical (unpaired) electrons. The van der Waals surface area contributed by atoms with Gasteiger partial charge in [0.1, 0.15) is 22.7 Å². The van der Waals surface area contributed by atoms with Crippen LogP contribution in [0.25, 0.3) is 20.7 Å². The van der Waals surface area contributed by atoms with E-state index in [0.29, 0.717) is 26.7 Å². The second kappa shape index (κ2) is 9.64. The number of ether oxygens (including phenoxy) is 2. The van der Waals surface area contributed by atoms with Crippen LogP contribution in [0.1, 0.15) is 18.5 Å². The predicted molar refractivity (Wildman–Crippen MR) is 130 cm³/mol. The molecule has 1 amide bonds. The van der Waals surface area contributed by atoms with Gasteiger partial charge in [0.25, 0.3) is 5.56 Å². The number of halogens is 1. The fourth-order valence-corrected chi connectivity index (χ4v) is 4.70. The van der Waals surface area contributed by atoms with Crippen LogP contribution in [-0.2, 0) is 11.3 Å². The summed E-state index contributed by atoms with van der Waals surface area (Å²) in [4.78, 5) is 31.0. The van der Waals surface area contributed by atoms with Crippen LogP contribution in [0.15, 0.2) is 59.7 Å². The third kappa shape index (κ3) is 4.86. The zero-order valence-corrected chi connectivity index (χ0v) is 19.9. The highest BCUT2D eigenvalue weighted by Crippen LogP contribution is 2.32. The number of fused-ring (bicyclic) bond motifs is 1. The smallest absolute Gasteiger partial charge is 0.271 e. The van der Waals surface area contributed by atoms with Gasteiger partial charge in [-0.2, -0.15) is 0 Å². The summed E-state index contributed by atoms with van der Waals surface area (Å²) in [5.74, 6) is 0.981. The van der Waals surface area contributed by atoms with Crippen molar-refractivity contribution in [3.63, 3.8) is 0 Å². The van der Waals surface area contributed by atoms with Crippen LogP contribution in [-0.4, -0.2) is 29.7 Å². The summed E-state index contributed by atoms with van der Waals surface area (Å²) in [5, 5.41) is 3.56. The maximum Gasteiger partial charge on any atom is 0.271 e. The molecule has 0 spiro atoms. The molecule has 1 atom stereocenters. The van der Waals surface area contributed by atoms with Crippen molar-refractivity contribution in [1.29, 1.82) is 0 Å². The molecule has 7 nitrogen and oxygen atoms in total. The molecule has 2 aromatic carbocycles. The summed E-state index contributed by atoms with van der Waals surface area (Å²) >= 11 is 7.31. The van der Waals surface area contributed by atoms with Gasteiger partial charge in [-0.1, -0.05) is 23.7 Å². The Balaban J connectivity index is 1.54. The molecule has 0 aliphatic heterocycles. The number of methoxy groups -OCH3 is 2. The van der Waals surface area contributed by atoms with Crippen LogP contribution in [0.5, 0.6) is 11.5 Å². The van der Waals surface area contributed by atoms with E-state index in [0.717, 1.165) is 16.0 Å². The lowest BCUT2D eigenvalue weighted by molar-refractivity contribution is -0.122. The molecule has 4 rings (SSSR count). The van der Waals surface area contributed by atoms with Gasteiger partial charge in [-0.05, 0) is 48.9 Å². The van der Waals surface area contributed by atoms with Gasteiger partial charge in [-0.15, -0.1) is 11.3 Å². The fourth-order valence-electron chi connectivity index (χ4n) is 3.51. The number of carbonyl (C=O) groups excluding carboxylic acids is 1. The molecule has 0 saturated heterocycles. The van der Waals surface area contributed by atoms with Gasteiger partial charge in [0, 0.05) is 15.5 Å². The molecule has 2 heterocycles. The minimum absolute atomic E-state index is 0.146. The Morgan fingerprint density at radius 3 is 2.61 bits per heavy atom. The molecular formula is C24H22ClN3O4S. The number of nitrogens with zero attached hydrogens (tertiary/aromatic N) is 2. The van der Waals surface area contributed by atoms with Crippen molar-refractivity contribution >= 4 is 39.1 Å². The summed E-state index contributed by atoms with van der Waals surface area (Å²) in [7, 11) is 3.15. The maximum absolute atomic E-state index is 13.0. The van der Waals surface area contributed by atoms with E-state index in [1.165, 1.54) is 22.2 Å². The minimum atomic E-state index is -0.354. The number of thiophene rings is 1. The summed E-state index contributed by atoms with van der Waals surface area (Å²) < 4.78 is 12.5. The van der Waals surface area contributed by atoms with Crippen LogP contribution >= 0.6 is 22.9 Å². The quantitative estimate of drug-likeness (QED) is 0.413. The molecule has 0 unspecified atom stereocenters. The Labute approximate surface area is 199 Å². The normalized spacial score (nSPS) is 11.9. The van der Waals surface area contributed by atoms with Crippen LogP contribution in [0.4, 0.5) is 0 Å². The van der Waals surface area contributed by atoms with Crippen molar-refractivity contribution in [2.75, 3.05) is 14.2 Å². The Kier molecular flexibility index (Phi) is 6.67. The van der Waals surface area contributed by atoms with E-state index >= 15 is 0 Å². The molecule has 0 bridgehead atoms. The lowest BCUT2D eigenvalue weighted by atomic mass is 10.1. The largest absolute Gasteiger partial charge is 0.497 e. The first-order chi connectivity index (χ1) is 15.9. The molecular weight excluding hydrogens is 462 g/mol. The van der Waals surface area contributed by atoms with E-state index in [4.69, 9.17) is 21.1 Å². The fraction of sp³-hybridized carbons (Fsp3) is 0.208. The Hall–Kier alpha value is -3.36. The van der Waals surface area contributed by atoms with E-state index < -0.39 is 0 Å². The van der Waals surface area contributed by atoms with Gasteiger partial charge in [-0.25, -0.2) is 4.98 Å². The van der Waals surface area contributed by atoms with Crippen LogP contribution in [0.2, 0.25) is 5.02 Å². The van der Waals surface area contributed by atoms with Crippen LogP contribution in [0, 0.1) is 0 Å². The van der Waals surface area contributed by atoms with Crippen molar-refractivity contribution < 1.29 is 14.3 Å². The van der Waals surface area contributed by atoms with E-state index in [1.54, 1.807) is 38.5 Å². The predicted octanol–water partition coefficient (Wildman–Crippen LogP) is 4.67. The third-order valence-corrected chi connectivity index (χ3v) is 6.64. The van der Waals surface area contributed by atoms with Gasteiger partial charge < -0.3 is 14.8 Å². The van der Waals surface area contributed by atoms with Crippen molar-refractivity contribution in [3.8, 4) is 21.9 Å². The van der Waals surface area contributed by atoms with Crippen molar-refractivity contribution in [3.05, 3.63) is 75.8 Å². The summed E-state index contributed by atoms with van der Waals surface area (Å²) in [5.41, 5.74) is 2.07. The van der Waals surface area contributed by atoms with Crippen LogP contribution < -0.4 is 20.3 Å². The molecule has 0 aliphatic rings. The Morgan fingerprint density at radius 2 is 1.91 bits per heavy atom. The average molecular weight is 484 g/mol. The van der Waals surface area contributed by atoms with E-state index in [-0.39, 0.29) is 24.1 Å². The molecule has 33 heavy (non-hydrogen) atoms. The molecule has 0 fully saturated rings. The highest BCUT2D eigenvalue weighted by atomic mass is 35.5. The number of amides is 1. The van der Waals surface area contributed by atoms with Crippen LogP contribution in [0.3, 0.4) is 0 Å². The van der Waals surface area contributed by atoms with Crippen molar-refractivity contribution in [1.82, 2.24) is 14.9 Å². The number of rotatable bonds is 7. The lowest BCUT2D eigenvalue weighted by Crippen LogP contribution is -2.33. The van der Waals surface area contributed by atoms with Gasteiger partial charge in [0.05, 0.1) is 32.1 Å². The molecule has 4 aromatic rings. The number of hydrogen-bond donors (Lipinski definition) is 1. The molecule has 9 heteroatoms. The topological polar surface area (TPSA) is 82.4 Å². The molecule has 1 N–H and O–H groups in total. The zero-order valence-electron chi connectivity index (χ0n) is 18.3. The number of aromatic nitrogens is 2. The minimum Gasteiger partial charge on any atom is -0.497 e. The second-order valence-electron chi connectivity index (χ2n) is 7.41. The zero-order chi connectivity index (χ0) is 23.5. The number of hydrogen-bond acceptors (Lipinski definition) is 6. The summed E-state index contributed by atoms with van der Waals surface area (Å²) in [6.07, 6.45) is 1.40. The molecule has 170 valence electrons.